The SMILES string of the molecule is CC(CS(C)=O)Nc1ccc([N+](=O)[O-])cc1I. The molecule has 2 unspecified atom stereocenters. The van der Waals surface area contributed by atoms with Gasteiger partial charge in [0.25, 0.3) is 5.69 Å². The summed E-state index contributed by atoms with van der Waals surface area (Å²) >= 11 is 2.04. The first-order valence-corrected chi connectivity index (χ1v) is 7.71. The Hall–Kier alpha value is -0.700. The average Bonchev–Trinajstić information content (AvgIpc) is 2.19. The maximum Gasteiger partial charge on any atom is 0.270 e. The molecule has 2 atom stereocenters. The molecule has 5 nitrogen and oxygen atoms in total. The predicted molar refractivity (Wildman–Crippen MR) is 77.8 cm³/mol. The first-order valence-electron chi connectivity index (χ1n) is 4.90. The third kappa shape index (κ3) is 4.58. The molecule has 0 aliphatic rings. The molecule has 94 valence electrons. The molecule has 1 aromatic rings. The Kier molecular flexibility index (Phi) is 5.31. The average molecular weight is 368 g/mol. The number of nitrogens with zero attached hydrogens (tertiary/aromatic N) is 1. The van der Waals surface area contributed by atoms with E-state index in [1.165, 1.54) is 12.1 Å². The van der Waals surface area contributed by atoms with Crippen molar-refractivity contribution in [3.63, 3.8) is 0 Å². The van der Waals surface area contributed by atoms with E-state index in [-0.39, 0.29) is 11.7 Å². The Bertz CT molecular complexity index is 453. The zero-order valence-corrected chi connectivity index (χ0v) is 12.4. The summed E-state index contributed by atoms with van der Waals surface area (Å²) in [7, 11) is -0.861. The van der Waals surface area contributed by atoms with E-state index < -0.39 is 15.7 Å². The van der Waals surface area contributed by atoms with E-state index in [0.29, 0.717) is 5.75 Å². The van der Waals surface area contributed by atoms with Crippen molar-refractivity contribution in [3.8, 4) is 0 Å². The minimum absolute atomic E-state index is 0.0656. The molecule has 7 heteroatoms. The van der Waals surface area contributed by atoms with Gasteiger partial charge in [-0.15, -0.1) is 0 Å². The number of benzene rings is 1. The fraction of sp³-hybridized carbons (Fsp3) is 0.400. The van der Waals surface area contributed by atoms with E-state index >= 15 is 0 Å². The van der Waals surface area contributed by atoms with Gasteiger partial charge in [-0.3, -0.25) is 14.3 Å². The monoisotopic (exact) mass is 368 g/mol. The van der Waals surface area contributed by atoms with Gasteiger partial charge in [0.1, 0.15) is 0 Å². The van der Waals surface area contributed by atoms with Crippen molar-refractivity contribution in [2.75, 3.05) is 17.3 Å². The van der Waals surface area contributed by atoms with Crippen LogP contribution >= 0.6 is 22.6 Å². The number of nitro groups is 1. The van der Waals surface area contributed by atoms with Crippen LogP contribution in [0.1, 0.15) is 6.92 Å². The Labute approximate surface area is 116 Å². The number of nitrogens with one attached hydrogen (secondary N) is 1. The van der Waals surface area contributed by atoms with Crippen molar-refractivity contribution in [1.82, 2.24) is 0 Å². The van der Waals surface area contributed by atoms with Crippen molar-refractivity contribution in [3.05, 3.63) is 31.9 Å². The number of nitro benzene ring substituents is 1. The van der Waals surface area contributed by atoms with Gasteiger partial charge in [0.15, 0.2) is 0 Å². The van der Waals surface area contributed by atoms with E-state index in [9.17, 15) is 14.3 Å². The molecular formula is C10H13IN2O3S. The molecule has 1 aromatic carbocycles. The van der Waals surface area contributed by atoms with Gasteiger partial charge in [-0.2, -0.15) is 0 Å². The summed E-state index contributed by atoms with van der Waals surface area (Å²) in [6.45, 7) is 1.93. The molecule has 0 heterocycles. The third-order valence-corrected chi connectivity index (χ3v) is 3.91. The molecule has 1 N–H and O–H groups in total. The second-order valence-corrected chi connectivity index (χ2v) is 6.35. The maximum absolute atomic E-state index is 11.1. The summed E-state index contributed by atoms with van der Waals surface area (Å²) in [5.74, 6) is 0.549. The molecule has 0 fully saturated rings. The second-order valence-electron chi connectivity index (χ2n) is 3.71. The van der Waals surface area contributed by atoms with E-state index in [1.807, 2.05) is 29.5 Å². The summed E-state index contributed by atoms with van der Waals surface area (Å²) in [6, 6.07) is 4.71. The van der Waals surface area contributed by atoms with Crippen LogP contribution in [0.2, 0.25) is 0 Å². The van der Waals surface area contributed by atoms with Crippen LogP contribution < -0.4 is 5.32 Å². The molecule has 0 aliphatic carbocycles. The van der Waals surface area contributed by atoms with E-state index in [0.717, 1.165) is 9.26 Å². The lowest BCUT2D eigenvalue weighted by atomic mass is 10.2. The highest BCUT2D eigenvalue weighted by Gasteiger charge is 2.11. The first-order chi connectivity index (χ1) is 7.90. The number of halogens is 1. The molecule has 0 amide bonds. The van der Waals surface area contributed by atoms with Gasteiger partial charge in [-0.05, 0) is 35.6 Å². The Morgan fingerprint density at radius 3 is 2.71 bits per heavy atom. The molecule has 0 spiro atoms. The molecule has 0 bridgehead atoms. The summed E-state index contributed by atoms with van der Waals surface area (Å²) in [5, 5.41) is 13.8. The van der Waals surface area contributed by atoms with Crippen LogP contribution in [0.3, 0.4) is 0 Å². The quantitative estimate of drug-likeness (QED) is 0.492. The van der Waals surface area contributed by atoms with Crippen molar-refractivity contribution in [2.45, 2.75) is 13.0 Å². The lowest BCUT2D eigenvalue weighted by Gasteiger charge is -2.15. The van der Waals surface area contributed by atoms with Crippen LogP contribution in [0.25, 0.3) is 0 Å². The smallest absolute Gasteiger partial charge is 0.270 e. The molecule has 0 aromatic heterocycles. The summed E-state index contributed by atoms with van der Waals surface area (Å²) < 4.78 is 11.8. The molecule has 0 aliphatic heterocycles. The lowest BCUT2D eigenvalue weighted by Crippen LogP contribution is -2.22. The number of hydrogen-bond acceptors (Lipinski definition) is 4. The molecule has 17 heavy (non-hydrogen) atoms. The first kappa shape index (κ1) is 14.4. The summed E-state index contributed by atoms with van der Waals surface area (Å²) in [5.41, 5.74) is 0.904. The zero-order valence-electron chi connectivity index (χ0n) is 9.47. The highest BCUT2D eigenvalue weighted by molar-refractivity contribution is 14.1. The zero-order chi connectivity index (χ0) is 13.0. The highest BCUT2D eigenvalue weighted by Crippen LogP contribution is 2.24. The maximum atomic E-state index is 11.1. The summed E-state index contributed by atoms with van der Waals surface area (Å²) in [6.07, 6.45) is 1.65. The van der Waals surface area contributed by atoms with Crippen LogP contribution in [0.5, 0.6) is 0 Å². The Balaban J connectivity index is 2.79. The summed E-state index contributed by atoms with van der Waals surface area (Å²) in [4.78, 5) is 10.2. The van der Waals surface area contributed by atoms with Crippen molar-refractivity contribution < 1.29 is 9.13 Å². The largest absolute Gasteiger partial charge is 0.381 e. The highest BCUT2D eigenvalue weighted by atomic mass is 127. The second kappa shape index (κ2) is 6.29. The van der Waals surface area contributed by atoms with Crippen LogP contribution in [0.4, 0.5) is 11.4 Å². The molecular weight excluding hydrogens is 355 g/mol. The van der Waals surface area contributed by atoms with Crippen LogP contribution in [0, 0.1) is 13.7 Å². The van der Waals surface area contributed by atoms with Gasteiger partial charge in [-0.1, -0.05) is 0 Å². The molecule has 0 saturated carbocycles. The predicted octanol–water partition coefficient (Wildman–Crippen LogP) is 2.38. The van der Waals surface area contributed by atoms with Crippen molar-refractivity contribution in [2.24, 2.45) is 0 Å². The standard InChI is InChI=1S/C10H13IN2O3S/c1-7(6-17(2)16)12-10-4-3-8(13(14)15)5-9(10)11/h3-5,7,12H,6H2,1-2H3. The van der Waals surface area contributed by atoms with Gasteiger partial charge in [-0.25, -0.2) is 0 Å². The molecule has 0 radical (unpaired) electrons. The van der Waals surface area contributed by atoms with Crippen molar-refractivity contribution in [1.29, 1.82) is 0 Å². The van der Waals surface area contributed by atoms with Crippen LogP contribution in [-0.4, -0.2) is 27.2 Å². The fourth-order valence-corrected chi connectivity index (χ4v) is 2.84. The van der Waals surface area contributed by atoms with E-state index in [2.05, 4.69) is 5.32 Å². The lowest BCUT2D eigenvalue weighted by molar-refractivity contribution is -0.384. The van der Waals surface area contributed by atoms with Crippen LogP contribution in [0.15, 0.2) is 18.2 Å². The minimum Gasteiger partial charge on any atom is -0.381 e. The Morgan fingerprint density at radius 2 is 2.24 bits per heavy atom. The number of non-ortho nitro benzene ring substituents is 1. The number of anilines is 1. The molecule has 1 rings (SSSR count). The van der Waals surface area contributed by atoms with Gasteiger partial charge in [0.2, 0.25) is 0 Å². The van der Waals surface area contributed by atoms with Gasteiger partial charge < -0.3 is 5.32 Å². The van der Waals surface area contributed by atoms with Gasteiger partial charge in [0.05, 0.1) is 4.92 Å². The third-order valence-electron chi connectivity index (χ3n) is 2.05. The number of hydrogen-bond donors (Lipinski definition) is 1. The topological polar surface area (TPSA) is 72.2 Å². The minimum atomic E-state index is -0.861. The molecule has 0 saturated heterocycles. The van der Waals surface area contributed by atoms with Crippen LogP contribution in [-0.2, 0) is 10.8 Å². The van der Waals surface area contributed by atoms with E-state index in [4.69, 9.17) is 0 Å². The van der Waals surface area contributed by atoms with E-state index in [1.54, 1.807) is 12.3 Å². The fourth-order valence-electron chi connectivity index (χ4n) is 1.39. The van der Waals surface area contributed by atoms with Gasteiger partial charge in [0, 0.05) is 50.2 Å². The Morgan fingerprint density at radius 1 is 1.59 bits per heavy atom. The van der Waals surface area contributed by atoms with Gasteiger partial charge >= 0.3 is 0 Å². The van der Waals surface area contributed by atoms with Crippen molar-refractivity contribution >= 4 is 44.8 Å². The normalized spacial score (nSPS) is 14.1. The number of rotatable bonds is 5.